The van der Waals surface area contributed by atoms with Gasteiger partial charge in [-0.15, -0.1) is 13.2 Å². The molecule has 0 aliphatic carbocycles. The molecular weight excluding hydrogens is 325 g/mol. The summed E-state index contributed by atoms with van der Waals surface area (Å²) in [6, 6.07) is 4.81. The molecule has 0 radical (unpaired) electrons. The second-order valence-electron chi connectivity index (χ2n) is 5.92. The van der Waals surface area contributed by atoms with Crippen LogP contribution in [0.5, 0.6) is 5.75 Å². The standard InChI is InChI=1S/C16H21F3N2O3/c1-11(13-4-6-14(7-5-13)24-16(17,18)19)20-15(23)21-8-2-3-12(9-21)10-22/h4-7,11-12,22H,2-3,8-10H2,1H3,(H,20,23). The van der Waals surface area contributed by atoms with Crippen LogP contribution in [0.4, 0.5) is 18.0 Å². The van der Waals surface area contributed by atoms with Gasteiger partial charge >= 0.3 is 12.4 Å². The zero-order valence-electron chi connectivity index (χ0n) is 13.3. The number of amides is 2. The molecule has 2 amide bonds. The summed E-state index contributed by atoms with van der Waals surface area (Å²) in [5, 5.41) is 12.0. The molecule has 24 heavy (non-hydrogen) atoms. The number of hydrogen-bond donors (Lipinski definition) is 2. The van der Waals surface area contributed by atoms with Gasteiger partial charge in [0, 0.05) is 19.7 Å². The largest absolute Gasteiger partial charge is 0.573 e. The first-order valence-corrected chi connectivity index (χ1v) is 7.80. The van der Waals surface area contributed by atoms with Gasteiger partial charge in [-0.05, 0) is 43.4 Å². The molecule has 1 aliphatic heterocycles. The van der Waals surface area contributed by atoms with Crippen LogP contribution in [0, 0.1) is 5.92 Å². The molecule has 0 aromatic heterocycles. The normalized spacial score (nSPS) is 19.7. The molecule has 1 aromatic rings. The van der Waals surface area contributed by atoms with Crippen molar-refractivity contribution in [2.75, 3.05) is 19.7 Å². The Hall–Kier alpha value is -1.96. The number of aliphatic hydroxyl groups excluding tert-OH is 1. The van der Waals surface area contributed by atoms with Gasteiger partial charge in [-0.3, -0.25) is 0 Å². The van der Waals surface area contributed by atoms with Crippen molar-refractivity contribution in [3.63, 3.8) is 0 Å². The Morgan fingerprint density at radius 2 is 2.08 bits per heavy atom. The summed E-state index contributed by atoms with van der Waals surface area (Å²) in [6.45, 7) is 2.95. The number of nitrogens with one attached hydrogen (secondary N) is 1. The summed E-state index contributed by atoms with van der Waals surface area (Å²) in [7, 11) is 0. The molecule has 5 nitrogen and oxygen atoms in total. The number of likely N-dealkylation sites (tertiary alicyclic amines) is 1. The zero-order chi connectivity index (χ0) is 17.7. The number of ether oxygens (including phenoxy) is 1. The van der Waals surface area contributed by atoms with Gasteiger partial charge in [0.2, 0.25) is 0 Å². The molecule has 1 saturated heterocycles. The summed E-state index contributed by atoms with van der Waals surface area (Å²) in [4.78, 5) is 13.9. The minimum atomic E-state index is -4.72. The van der Waals surface area contributed by atoms with E-state index in [0.29, 0.717) is 18.7 Å². The van der Waals surface area contributed by atoms with Crippen molar-refractivity contribution in [2.24, 2.45) is 5.92 Å². The van der Waals surface area contributed by atoms with Crippen LogP contribution in [-0.2, 0) is 0 Å². The van der Waals surface area contributed by atoms with E-state index in [2.05, 4.69) is 10.1 Å². The summed E-state index contributed by atoms with van der Waals surface area (Å²) in [6.07, 6.45) is -2.98. The van der Waals surface area contributed by atoms with Crippen LogP contribution >= 0.6 is 0 Å². The Labute approximate surface area is 138 Å². The third-order valence-corrected chi connectivity index (χ3v) is 4.02. The number of benzene rings is 1. The lowest BCUT2D eigenvalue weighted by Gasteiger charge is -2.32. The van der Waals surface area contributed by atoms with Crippen LogP contribution < -0.4 is 10.1 Å². The van der Waals surface area contributed by atoms with Gasteiger partial charge in [0.15, 0.2) is 0 Å². The quantitative estimate of drug-likeness (QED) is 0.881. The van der Waals surface area contributed by atoms with E-state index in [1.165, 1.54) is 24.3 Å². The van der Waals surface area contributed by atoms with E-state index in [1.807, 2.05) is 0 Å². The minimum absolute atomic E-state index is 0.0556. The Kier molecular flexibility index (Phi) is 5.93. The van der Waals surface area contributed by atoms with E-state index < -0.39 is 6.36 Å². The molecule has 2 unspecified atom stereocenters. The first-order valence-electron chi connectivity index (χ1n) is 7.80. The van der Waals surface area contributed by atoms with Crippen LogP contribution in [0.2, 0.25) is 0 Å². The third kappa shape index (κ3) is 5.30. The van der Waals surface area contributed by atoms with Crippen LogP contribution in [0.15, 0.2) is 24.3 Å². The summed E-state index contributed by atoms with van der Waals surface area (Å²) in [5.74, 6) is -0.204. The smallest absolute Gasteiger partial charge is 0.406 e. The number of aliphatic hydroxyl groups is 1. The monoisotopic (exact) mass is 346 g/mol. The molecule has 0 saturated carbocycles. The van der Waals surface area contributed by atoms with E-state index in [1.54, 1.807) is 11.8 Å². The van der Waals surface area contributed by atoms with E-state index >= 15 is 0 Å². The van der Waals surface area contributed by atoms with Crippen molar-refractivity contribution in [1.82, 2.24) is 10.2 Å². The van der Waals surface area contributed by atoms with E-state index in [0.717, 1.165) is 12.8 Å². The molecular formula is C16H21F3N2O3. The van der Waals surface area contributed by atoms with Crippen LogP contribution in [0.25, 0.3) is 0 Å². The number of rotatable bonds is 4. The number of hydrogen-bond acceptors (Lipinski definition) is 3. The van der Waals surface area contributed by atoms with Gasteiger partial charge in [-0.25, -0.2) is 4.79 Å². The molecule has 1 heterocycles. The fourth-order valence-electron chi connectivity index (χ4n) is 2.72. The van der Waals surface area contributed by atoms with Crippen molar-refractivity contribution in [3.8, 4) is 5.75 Å². The summed E-state index contributed by atoms with van der Waals surface area (Å²) in [5.41, 5.74) is 0.675. The fraction of sp³-hybridized carbons (Fsp3) is 0.562. The van der Waals surface area contributed by atoms with Gasteiger partial charge in [0.25, 0.3) is 0 Å². The first-order chi connectivity index (χ1) is 11.3. The zero-order valence-corrected chi connectivity index (χ0v) is 13.3. The predicted octanol–water partition coefficient (Wildman–Crippen LogP) is 3.06. The Morgan fingerprint density at radius 3 is 2.67 bits per heavy atom. The number of halogens is 3. The highest BCUT2D eigenvalue weighted by Crippen LogP contribution is 2.24. The van der Waals surface area contributed by atoms with Crippen LogP contribution in [-0.4, -0.2) is 42.1 Å². The Morgan fingerprint density at radius 1 is 1.42 bits per heavy atom. The lowest BCUT2D eigenvalue weighted by atomic mass is 9.99. The Bertz CT molecular complexity index is 548. The number of urea groups is 1. The maximum absolute atomic E-state index is 12.3. The van der Waals surface area contributed by atoms with Crippen LogP contribution in [0.1, 0.15) is 31.4 Å². The average molecular weight is 346 g/mol. The SMILES string of the molecule is CC(NC(=O)N1CCCC(CO)C1)c1ccc(OC(F)(F)F)cc1. The second kappa shape index (κ2) is 7.74. The van der Waals surface area contributed by atoms with E-state index in [4.69, 9.17) is 0 Å². The minimum Gasteiger partial charge on any atom is -0.406 e. The average Bonchev–Trinajstić information content (AvgIpc) is 2.54. The van der Waals surface area contributed by atoms with Crippen LogP contribution in [0.3, 0.4) is 0 Å². The topological polar surface area (TPSA) is 61.8 Å². The third-order valence-electron chi connectivity index (χ3n) is 4.02. The molecule has 1 aliphatic rings. The molecule has 2 atom stereocenters. The van der Waals surface area contributed by atoms with Gasteiger partial charge in [-0.1, -0.05) is 12.1 Å². The summed E-state index contributed by atoms with van der Waals surface area (Å²) < 4.78 is 40.2. The van der Waals surface area contributed by atoms with Gasteiger partial charge in [0.1, 0.15) is 5.75 Å². The lowest BCUT2D eigenvalue weighted by Crippen LogP contribution is -2.46. The molecule has 2 rings (SSSR count). The fourth-order valence-corrected chi connectivity index (χ4v) is 2.72. The van der Waals surface area contributed by atoms with Crippen molar-refractivity contribution >= 4 is 6.03 Å². The Balaban J connectivity index is 1.91. The molecule has 2 N–H and O–H groups in total. The maximum Gasteiger partial charge on any atom is 0.573 e. The molecule has 1 fully saturated rings. The molecule has 0 bridgehead atoms. The van der Waals surface area contributed by atoms with Gasteiger partial charge in [0.05, 0.1) is 6.04 Å². The highest BCUT2D eigenvalue weighted by atomic mass is 19.4. The molecule has 134 valence electrons. The lowest BCUT2D eigenvalue weighted by molar-refractivity contribution is -0.274. The van der Waals surface area contributed by atoms with Gasteiger partial charge < -0.3 is 20.1 Å². The predicted molar refractivity (Wildman–Crippen MR) is 81.5 cm³/mol. The van der Waals surface area contributed by atoms with E-state index in [-0.39, 0.29) is 30.3 Å². The molecule has 1 aromatic carbocycles. The molecule has 8 heteroatoms. The van der Waals surface area contributed by atoms with Crippen molar-refractivity contribution in [2.45, 2.75) is 32.2 Å². The van der Waals surface area contributed by atoms with Gasteiger partial charge in [-0.2, -0.15) is 0 Å². The number of carbonyl (C=O) groups excluding carboxylic acids is 1. The molecule has 0 spiro atoms. The summed E-state index contributed by atoms with van der Waals surface area (Å²) >= 11 is 0. The van der Waals surface area contributed by atoms with Crippen molar-refractivity contribution in [3.05, 3.63) is 29.8 Å². The highest BCUT2D eigenvalue weighted by molar-refractivity contribution is 5.74. The van der Waals surface area contributed by atoms with Crippen molar-refractivity contribution in [1.29, 1.82) is 0 Å². The first kappa shape index (κ1) is 18.4. The number of carbonyl (C=O) groups is 1. The number of piperidine rings is 1. The number of nitrogens with zero attached hydrogens (tertiary/aromatic N) is 1. The van der Waals surface area contributed by atoms with Crippen molar-refractivity contribution < 1.29 is 27.8 Å². The number of alkyl halides is 3. The maximum atomic E-state index is 12.3. The van der Waals surface area contributed by atoms with E-state index in [9.17, 15) is 23.1 Å². The highest BCUT2D eigenvalue weighted by Gasteiger charge is 2.31. The second-order valence-corrected chi connectivity index (χ2v) is 5.92.